The van der Waals surface area contributed by atoms with E-state index < -0.39 is 6.10 Å². The lowest BCUT2D eigenvalue weighted by atomic mass is 9.86. The molecule has 0 aliphatic carbocycles. The molecule has 0 unspecified atom stereocenters. The van der Waals surface area contributed by atoms with E-state index in [-0.39, 0.29) is 5.92 Å². The van der Waals surface area contributed by atoms with Crippen molar-refractivity contribution < 1.29 is 5.11 Å². The van der Waals surface area contributed by atoms with Crippen LogP contribution in [0.4, 0.5) is 0 Å². The molecule has 0 aliphatic heterocycles. The number of aliphatic hydroxyl groups is 1. The van der Waals surface area contributed by atoms with Crippen LogP contribution in [0.2, 0.25) is 0 Å². The standard InChI is InChI=1S/C20H21NO/c1-21-14-19(20(22)16-9-3-2-4-10-16)18-13-7-11-15-8-5-6-12-17(15)18/h2-13,19-22H,14H2,1H3/t19-,20+/m0/s1. The Kier molecular flexibility index (Phi) is 4.52. The zero-order chi connectivity index (χ0) is 15.4. The highest BCUT2D eigenvalue weighted by Crippen LogP contribution is 2.34. The maximum Gasteiger partial charge on any atom is 0.0870 e. The Morgan fingerprint density at radius 3 is 2.32 bits per heavy atom. The first-order valence-corrected chi connectivity index (χ1v) is 7.66. The van der Waals surface area contributed by atoms with Crippen molar-refractivity contribution in [1.82, 2.24) is 5.32 Å². The fourth-order valence-electron chi connectivity index (χ4n) is 3.07. The average Bonchev–Trinajstić information content (AvgIpc) is 2.59. The molecule has 0 fully saturated rings. The molecule has 0 saturated heterocycles. The van der Waals surface area contributed by atoms with Gasteiger partial charge in [0, 0.05) is 12.5 Å². The summed E-state index contributed by atoms with van der Waals surface area (Å²) < 4.78 is 0. The van der Waals surface area contributed by atoms with Gasteiger partial charge in [0.05, 0.1) is 6.10 Å². The number of hydrogen-bond acceptors (Lipinski definition) is 2. The highest BCUT2D eigenvalue weighted by molar-refractivity contribution is 5.86. The minimum Gasteiger partial charge on any atom is -0.388 e. The molecule has 22 heavy (non-hydrogen) atoms. The predicted molar refractivity (Wildman–Crippen MR) is 92.0 cm³/mol. The molecule has 0 bridgehead atoms. The van der Waals surface area contributed by atoms with Gasteiger partial charge in [-0.15, -0.1) is 0 Å². The van der Waals surface area contributed by atoms with Crippen LogP contribution in [-0.4, -0.2) is 18.7 Å². The number of nitrogens with one attached hydrogen (secondary N) is 1. The van der Waals surface area contributed by atoms with E-state index in [2.05, 4.69) is 41.7 Å². The van der Waals surface area contributed by atoms with E-state index in [0.29, 0.717) is 0 Å². The van der Waals surface area contributed by atoms with Crippen LogP contribution in [0.15, 0.2) is 72.8 Å². The van der Waals surface area contributed by atoms with Crippen molar-refractivity contribution in [1.29, 1.82) is 0 Å². The molecular weight excluding hydrogens is 270 g/mol. The second-order valence-corrected chi connectivity index (χ2v) is 5.59. The number of fused-ring (bicyclic) bond motifs is 1. The molecule has 3 aromatic rings. The van der Waals surface area contributed by atoms with Crippen LogP contribution in [0.5, 0.6) is 0 Å². The smallest absolute Gasteiger partial charge is 0.0870 e. The second-order valence-electron chi connectivity index (χ2n) is 5.59. The van der Waals surface area contributed by atoms with Crippen molar-refractivity contribution in [3.63, 3.8) is 0 Å². The lowest BCUT2D eigenvalue weighted by Crippen LogP contribution is -2.23. The first kappa shape index (κ1) is 14.8. The van der Waals surface area contributed by atoms with Gasteiger partial charge >= 0.3 is 0 Å². The summed E-state index contributed by atoms with van der Waals surface area (Å²) in [5.74, 6) is 0.0125. The van der Waals surface area contributed by atoms with Crippen molar-refractivity contribution in [3.8, 4) is 0 Å². The fourth-order valence-corrected chi connectivity index (χ4v) is 3.07. The molecule has 0 aliphatic rings. The molecule has 112 valence electrons. The summed E-state index contributed by atoms with van der Waals surface area (Å²) in [6, 6.07) is 24.5. The van der Waals surface area contributed by atoms with E-state index in [9.17, 15) is 5.11 Å². The molecule has 2 N–H and O–H groups in total. The van der Waals surface area contributed by atoms with Gasteiger partial charge in [0.1, 0.15) is 0 Å². The van der Waals surface area contributed by atoms with Crippen LogP contribution >= 0.6 is 0 Å². The highest BCUT2D eigenvalue weighted by atomic mass is 16.3. The zero-order valence-corrected chi connectivity index (χ0v) is 12.7. The van der Waals surface area contributed by atoms with E-state index in [1.807, 2.05) is 43.4 Å². The topological polar surface area (TPSA) is 32.3 Å². The van der Waals surface area contributed by atoms with Crippen LogP contribution in [0.1, 0.15) is 23.1 Å². The third-order valence-corrected chi connectivity index (χ3v) is 4.17. The van der Waals surface area contributed by atoms with Crippen LogP contribution < -0.4 is 5.32 Å². The molecule has 0 amide bonds. The van der Waals surface area contributed by atoms with Crippen LogP contribution in [0.25, 0.3) is 10.8 Å². The van der Waals surface area contributed by atoms with Crippen molar-refractivity contribution in [2.75, 3.05) is 13.6 Å². The molecule has 0 aromatic heterocycles. The van der Waals surface area contributed by atoms with Crippen molar-refractivity contribution in [2.24, 2.45) is 0 Å². The summed E-state index contributed by atoms with van der Waals surface area (Å²) in [6.07, 6.45) is -0.528. The molecule has 3 aromatic carbocycles. The molecule has 2 atom stereocenters. The van der Waals surface area contributed by atoms with Gasteiger partial charge < -0.3 is 10.4 Å². The third kappa shape index (κ3) is 2.89. The van der Waals surface area contributed by atoms with Crippen molar-refractivity contribution in [2.45, 2.75) is 12.0 Å². The van der Waals surface area contributed by atoms with Crippen LogP contribution in [-0.2, 0) is 0 Å². The van der Waals surface area contributed by atoms with E-state index in [4.69, 9.17) is 0 Å². The monoisotopic (exact) mass is 291 g/mol. The molecule has 0 spiro atoms. The lowest BCUT2D eigenvalue weighted by molar-refractivity contribution is 0.145. The Hall–Kier alpha value is -2.16. The Labute approximate surface area is 131 Å². The van der Waals surface area contributed by atoms with E-state index in [0.717, 1.165) is 12.1 Å². The normalized spacial score (nSPS) is 13.9. The molecule has 0 radical (unpaired) electrons. The second kappa shape index (κ2) is 6.73. The summed E-state index contributed by atoms with van der Waals surface area (Å²) in [6.45, 7) is 0.726. The maximum absolute atomic E-state index is 10.9. The Morgan fingerprint density at radius 2 is 1.55 bits per heavy atom. The van der Waals surface area contributed by atoms with E-state index in [1.165, 1.54) is 16.3 Å². The summed E-state index contributed by atoms with van der Waals surface area (Å²) in [4.78, 5) is 0. The minimum atomic E-state index is -0.528. The van der Waals surface area contributed by atoms with Gasteiger partial charge in [0.25, 0.3) is 0 Å². The first-order valence-electron chi connectivity index (χ1n) is 7.66. The van der Waals surface area contributed by atoms with Gasteiger partial charge in [-0.25, -0.2) is 0 Å². The third-order valence-electron chi connectivity index (χ3n) is 4.17. The van der Waals surface area contributed by atoms with Crippen LogP contribution in [0, 0.1) is 0 Å². The van der Waals surface area contributed by atoms with E-state index in [1.54, 1.807) is 0 Å². The van der Waals surface area contributed by atoms with Gasteiger partial charge in [-0.05, 0) is 28.9 Å². The minimum absolute atomic E-state index is 0.0125. The van der Waals surface area contributed by atoms with Gasteiger partial charge in [-0.3, -0.25) is 0 Å². The quantitative estimate of drug-likeness (QED) is 0.748. The fraction of sp³-hybridized carbons (Fsp3) is 0.200. The SMILES string of the molecule is CNC[C@@H](c1cccc2ccccc12)[C@H](O)c1ccccc1. The zero-order valence-electron chi connectivity index (χ0n) is 12.7. The number of hydrogen-bond donors (Lipinski definition) is 2. The lowest BCUT2D eigenvalue weighted by Gasteiger charge is -2.25. The summed E-state index contributed by atoms with van der Waals surface area (Å²) >= 11 is 0. The first-order chi connectivity index (χ1) is 10.8. The summed E-state index contributed by atoms with van der Waals surface area (Å²) in [5, 5.41) is 16.5. The number of benzene rings is 3. The van der Waals surface area contributed by atoms with Gasteiger partial charge in [0.15, 0.2) is 0 Å². The van der Waals surface area contributed by atoms with Crippen molar-refractivity contribution >= 4 is 10.8 Å². The molecule has 2 heteroatoms. The number of rotatable bonds is 5. The van der Waals surface area contributed by atoms with Crippen LogP contribution in [0.3, 0.4) is 0 Å². The Morgan fingerprint density at radius 1 is 0.864 bits per heavy atom. The largest absolute Gasteiger partial charge is 0.388 e. The van der Waals surface area contributed by atoms with Crippen molar-refractivity contribution in [3.05, 3.63) is 83.9 Å². The number of likely N-dealkylation sites (N-methyl/N-ethyl adjacent to an activating group) is 1. The molecule has 2 nitrogen and oxygen atoms in total. The molecular formula is C20H21NO. The highest BCUT2D eigenvalue weighted by Gasteiger charge is 2.23. The van der Waals surface area contributed by atoms with Gasteiger partial charge in [0.2, 0.25) is 0 Å². The average molecular weight is 291 g/mol. The Bertz CT molecular complexity index is 734. The van der Waals surface area contributed by atoms with Gasteiger partial charge in [-0.1, -0.05) is 72.8 Å². The summed E-state index contributed by atoms with van der Waals surface area (Å²) in [5.41, 5.74) is 2.14. The molecule has 0 saturated carbocycles. The molecule has 0 heterocycles. The molecule has 3 rings (SSSR count). The summed E-state index contributed by atoms with van der Waals surface area (Å²) in [7, 11) is 1.93. The number of aliphatic hydroxyl groups excluding tert-OH is 1. The van der Waals surface area contributed by atoms with E-state index >= 15 is 0 Å². The maximum atomic E-state index is 10.9. The Balaban J connectivity index is 2.07. The predicted octanol–water partition coefficient (Wildman–Crippen LogP) is 3.88. The van der Waals surface area contributed by atoms with Gasteiger partial charge in [-0.2, -0.15) is 0 Å².